The molecule has 0 unspecified atom stereocenters. The molecule has 2 amide bonds. The Hall–Kier alpha value is -3.12. The molecule has 0 aliphatic heterocycles. The molecule has 126 valence electrons. The van der Waals surface area contributed by atoms with Crippen LogP contribution in [0.3, 0.4) is 0 Å². The third-order valence-electron chi connectivity index (χ3n) is 3.30. The number of rotatable bonds is 5. The first-order chi connectivity index (χ1) is 12.1. The van der Waals surface area contributed by atoms with Crippen LogP contribution >= 0.6 is 11.6 Å². The molecular formula is C18H14ClN3O3. The minimum atomic E-state index is -0.428. The molecule has 0 radical (unpaired) electrons. The van der Waals surface area contributed by atoms with E-state index in [9.17, 15) is 9.59 Å². The van der Waals surface area contributed by atoms with Crippen LogP contribution in [0.25, 0.3) is 0 Å². The summed E-state index contributed by atoms with van der Waals surface area (Å²) in [5.74, 6) is -0.194. The van der Waals surface area contributed by atoms with Crippen LogP contribution in [-0.2, 0) is 6.54 Å². The number of carbonyl (C=O) groups excluding carboxylic acids is 2. The lowest BCUT2D eigenvalue weighted by Gasteiger charge is -2.07. The van der Waals surface area contributed by atoms with E-state index in [2.05, 4.69) is 15.6 Å². The first-order valence-corrected chi connectivity index (χ1v) is 7.84. The molecule has 3 rings (SSSR count). The molecule has 2 aromatic heterocycles. The molecule has 2 N–H and O–H groups in total. The van der Waals surface area contributed by atoms with Gasteiger partial charge < -0.3 is 15.1 Å². The van der Waals surface area contributed by atoms with E-state index in [0.29, 0.717) is 16.5 Å². The molecule has 0 aliphatic carbocycles. The lowest BCUT2D eigenvalue weighted by atomic mass is 10.2. The van der Waals surface area contributed by atoms with Crippen molar-refractivity contribution in [1.29, 1.82) is 0 Å². The van der Waals surface area contributed by atoms with Crippen molar-refractivity contribution in [2.24, 2.45) is 0 Å². The Bertz CT molecular complexity index is 894. The number of nitrogens with zero attached hydrogens (tertiary/aromatic N) is 1. The fourth-order valence-corrected chi connectivity index (χ4v) is 2.31. The van der Waals surface area contributed by atoms with E-state index in [4.69, 9.17) is 16.0 Å². The van der Waals surface area contributed by atoms with Gasteiger partial charge in [-0.1, -0.05) is 23.7 Å². The van der Waals surface area contributed by atoms with Gasteiger partial charge in [-0.15, -0.1) is 0 Å². The number of benzene rings is 1. The van der Waals surface area contributed by atoms with Crippen LogP contribution in [-0.4, -0.2) is 16.8 Å². The standard InChI is InChI=1S/C18H14ClN3O3/c19-12-4-1-5-13(10-12)21-18(24)16-8-2-7-15(22-16)17(23)20-11-14-6-3-9-25-14/h1-10H,11H2,(H,20,23)(H,21,24). The van der Waals surface area contributed by atoms with Crippen molar-refractivity contribution in [2.75, 3.05) is 5.32 Å². The number of hydrogen-bond donors (Lipinski definition) is 2. The maximum absolute atomic E-state index is 12.3. The molecule has 1 aromatic carbocycles. The second kappa shape index (κ2) is 7.63. The van der Waals surface area contributed by atoms with Gasteiger partial charge in [0.1, 0.15) is 17.1 Å². The van der Waals surface area contributed by atoms with Gasteiger partial charge in [0.15, 0.2) is 0 Å². The van der Waals surface area contributed by atoms with Gasteiger partial charge in [0, 0.05) is 10.7 Å². The number of amides is 2. The summed E-state index contributed by atoms with van der Waals surface area (Å²) in [5, 5.41) is 5.88. The number of aromatic nitrogens is 1. The predicted octanol–water partition coefficient (Wildman–Crippen LogP) is 3.51. The Balaban J connectivity index is 1.67. The monoisotopic (exact) mass is 355 g/mol. The van der Waals surface area contributed by atoms with E-state index in [-0.39, 0.29) is 17.9 Å². The Labute approximate surface area is 148 Å². The maximum Gasteiger partial charge on any atom is 0.274 e. The number of halogens is 1. The number of furan rings is 1. The summed E-state index contributed by atoms with van der Waals surface area (Å²) < 4.78 is 5.15. The topological polar surface area (TPSA) is 84.2 Å². The second-order valence-electron chi connectivity index (χ2n) is 5.13. The van der Waals surface area contributed by atoms with Crippen molar-refractivity contribution in [3.05, 3.63) is 83.0 Å². The third kappa shape index (κ3) is 4.45. The van der Waals surface area contributed by atoms with Crippen molar-refractivity contribution >= 4 is 29.1 Å². The molecule has 7 heteroatoms. The van der Waals surface area contributed by atoms with Crippen molar-refractivity contribution in [3.8, 4) is 0 Å². The highest BCUT2D eigenvalue weighted by molar-refractivity contribution is 6.30. The van der Waals surface area contributed by atoms with Crippen molar-refractivity contribution in [2.45, 2.75) is 6.54 Å². The molecule has 25 heavy (non-hydrogen) atoms. The largest absolute Gasteiger partial charge is 0.467 e. The number of anilines is 1. The zero-order valence-corrected chi connectivity index (χ0v) is 13.8. The van der Waals surface area contributed by atoms with E-state index >= 15 is 0 Å². The molecule has 0 fully saturated rings. The first kappa shape index (κ1) is 16.7. The summed E-state index contributed by atoms with van der Waals surface area (Å²) in [6.07, 6.45) is 1.53. The Kier molecular flexibility index (Phi) is 5.11. The van der Waals surface area contributed by atoms with Crippen LogP contribution in [0.15, 0.2) is 65.3 Å². The molecule has 0 atom stereocenters. The molecular weight excluding hydrogens is 342 g/mol. The van der Waals surface area contributed by atoms with Crippen molar-refractivity contribution in [3.63, 3.8) is 0 Å². The van der Waals surface area contributed by atoms with E-state index in [1.54, 1.807) is 42.5 Å². The van der Waals surface area contributed by atoms with E-state index in [0.717, 1.165) is 0 Å². The van der Waals surface area contributed by atoms with Crippen molar-refractivity contribution in [1.82, 2.24) is 10.3 Å². The quantitative estimate of drug-likeness (QED) is 0.733. The summed E-state index contributed by atoms with van der Waals surface area (Å²) in [6.45, 7) is 0.243. The number of pyridine rings is 1. The fraction of sp³-hybridized carbons (Fsp3) is 0.0556. The lowest BCUT2D eigenvalue weighted by molar-refractivity contribution is 0.0943. The fourth-order valence-electron chi connectivity index (χ4n) is 2.12. The highest BCUT2D eigenvalue weighted by Gasteiger charge is 2.13. The van der Waals surface area contributed by atoms with Gasteiger partial charge in [-0.25, -0.2) is 4.98 Å². The number of carbonyl (C=O) groups is 2. The number of nitrogens with one attached hydrogen (secondary N) is 2. The summed E-state index contributed by atoms with van der Waals surface area (Å²) in [6, 6.07) is 14.9. The molecule has 0 saturated carbocycles. The van der Waals surface area contributed by atoms with Crippen LogP contribution < -0.4 is 10.6 Å². The minimum absolute atomic E-state index is 0.130. The van der Waals surface area contributed by atoms with Crippen LogP contribution in [0.4, 0.5) is 5.69 Å². The predicted molar refractivity (Wildman–Crippen MR) is 93.5 cm³/mol. The van der Waals surface area contributed by atoms with Gasteiger partial charge in [0.2, 0.25) is 0 Å². The van der Waals surface area contributed by atoms with Gasteiger partial charge in [-0.05, 0) is 42.5 Å². The van der Waals surface area contributed by atoms with Crippen molar-refractivity contribution < 1.29 is 14.0 Å². The smallest absolute Gasteiger partial charge is 0.274 e. The summed E-state index contributed by atoms with van der Waals surface area (Å²) in [4.78, 5) is 28.5. The highest BCUT2D eigenvalue weighted by atomic mass is 35.5. The zero-order valence-electron chi connectivity index (χ0n) is 13.0. The van der Waals surface area contributed by atoms with Crippen LogP contribution in [0, 0.1) is 0 Å². The normalized spacial score (nSPS) is 10.3. The molecule has 0 spiro atoms. The van der Waals surface area contributed by atoms with Crippen LogP contribution in [0.2, 0.25) is 5.02 Å². The highest BCUT2D eigenvalue weighted by Crippen LogP contribution is 2.15. The lowest BCUT2D eigenvalue weighted by Crippen LogP contribution is -2.24. The van der Waals surface area contributed by atoms with Crippen LogP contribution in [0.1, 0.15) is 26.7 Å². The minimum Gasteiger partial charge on any atom is -0.467 e. The van der Waals surface area contributed by atoms with Gasteiger partial charge in [0.25, 0.3) is 11.8 Å². The molecule has 6 nitrogen and oxygen atoms in total. The summed E-state index contributed by atoms with van der Waals surface area (Å²) >= 11 is 5.89. The summed E-state index contributed by atoms with van der Waals surface area (Å²) in [7, 11) is 0. The van der Waals surface area contributed by atoms with Gasteiger partial charge in [0.05, 0.1) is 12.8 Å². The van der Waals surface area contributed by atoms with Gasteiger partial charge in [-0.3, -0.25) is 9.59 Å². The van der Waals surface area contributed by atoms with E-state index < -0.39 is 11.8 Å². The molecule has 0 bridgehead atoms. The zero-order chi connectivity index (χ0) is 17.6. The van der Waals surface area contributed by atoms with E-state index in [1.165, 1.54) is 18.4 Å². The van der Waals surface area contributed by atoms with E-state index in [1.807, 2.05) is 0 Å². The first-order valence-electron chi connectivity index (χ1n) is 7.46. The Morgan fingerprint density at radius 2 is 1.76 bits per heavy atom. The average molecular weight is 356 g/mol. The SMILES string of the molecule is O=C(NCc1ccco1)c1cccc(C(=O)Nc2cccc(Cl)c2)n1. The number of hydrogen-bond acceptors (Lipinski definition) is 4. The Morgan fingerprint density at radius 3 is 2.48 bits per heavy atom. The molecule has 2 heterocycles. The molecule has 3 aromatic rings. The Morgan fingerprint density at radius 1 is 1.00 bits per heavy atom. The second-order valence-corrected chi connectivity index (χ2v) is 5.57. The van der Waals surface area contributed by atoms with Crippen LogP contribution in [0.5, 0.6) is 0 Å². The average Bonchev–Trinajstić information content (AvgIpc) is 3.13. The third-order valence-corrected chi connectivity index (χ3v) is 3.54. The molecule has 0 aliphatic rings. The van der Waals surface area contributed by atoms with Gasteiger partial charge in [-0.2, -0.15) is 0 Å². The van der Waals surface area contributed by atoms with Gasteiger partial charge >= 0.3 is 0 Å². The molecule has 0 saturated heterocycles. The maximum atomic E-state index is 12.3. The summed E-state index contributed by atoms with van der Waals surface area (Å²) in [5.41, 5.74) is 0.822.